The molecule has 1 aromatic carbocycles. The van der Waals surface area contributed by atoms with Crippen molar-refractivity contribution in [3.63, 3.8) is 0 Å². The largest absolute Gasteiger partial charge is 0.489 e. The number of hydrogen-bond donors (Lipinski definition) is 0. The molecule has 3 heteroatoms. The molecule has 0 saturated heterocycles. The summed E-state index contributed by atoms with van der Waals surface area (Å²) < 4.78 is 11.3. The summed E-state index contributed by atoms with van der Waals surface area (Å²) in [5.41, 5.74) is 0.600. The van der Waals surface area contributed by atoms with Crippen molar-refractivity contribution in [2.45, 2.75) is 13.8 Å². The van der Waals surface area contributed by atoms with Gasteiger partial charge < -0.3 is 9.47 Å². The Hall–Kier alpha value is -1.69. The molecule has 15 heavy (non-hydrogen) atoms. The molecule has 0 aromatic heterocycles. The zero-order valence-electron chi connectivity index (χ0n) is 8.91. The highest BCUT2D eigenvalue weighted by atomic mass is 16.5. The van der Waals surface area contributed by atoms with Crippen molar-refractivity contribution in [3.8, 4) is 17.6 Å². The van der Waals surface area contributed by atoms with E-state index in [-0.39, 0.29) is 5.41 Å². The van der Waals surface area contributed by atoms with Crippen LogP contribution in [0.15, 0.2) is 18.2 Å². The van der Waals surface area contributed by atoms with Crippen molar-refractivity contribution in [1.29, 1.82) is 5.26 Å². The molecule has 3 nitrogen and oxygen atoms in total. The Morgan fingerprint density at radius 1 is 1.20 bits per heavy atom. The van der Waals surface area contributed by atoms with Gasteiger partial charge in [0.15, 0.2) is 11.5 Å². The minimum absolute atomic E-state index is 0.00578. The maximum absolute atomic E-state index is 8.77. The highest BCUT2D eigenvalue weighted by Crippen LogP contribution is 2.34. The average Bonchev–Trinajstić information content (AvgIpc) is 2.38. The predicted molar refractivity (Wildman–Crippen MR) is 55.9 cm³/mol. The maximum Gasteiger partial charge on any atom is 0.162 e. The van der Waals surface area contributed by atoms with Gasteiger partial charge in [0.25, 0.3) is 0 Å². The maximum atomic E-state index is 8.77. The van der Waals surface area contributed by atoms with Gasteiger partial charge in [0.1, 0.15) is 0 Å². The summed E-state index contributed by atoms with van der Waals surface area (Å²) in [4.78, 5) is 0. The standard InChI is InChI=1S/C12H13NO2/c1-12(2)7-14-10-4-3-9(6-13)5-11(10)15-8-12/h3-5H,7-8H2,1-2H3. The van der Waals surface area contributed by atoms with Crippen LogP contribution in [0.1, 0.15) is 19.4 Å². The van der Waals surface area contributed by atoms with Gasteiger partial charge in [-0.3, -0.25) is 0 Å². The van der Waals surface area contributed by atoms with Gasteiger partial charge >= 0.3 is 0 Å². The second-order valence-electron chi connectivity index (χ2n) is 4.51. The number of nitriles is 1. The summed E-state index contributed by atoms with van der Waals surface area (Å²) in [5.74, 6) is 1.39. The normalized spacial score (nSPS) is 17.7. The second kappa shape index (κ2) is 3.47. The molecule has 0 amide bonds. The van der Waals surface area contributed by atoms with Gasteiger partial charge in [-0.25, -0.2) is 0 Å². The van der Waals surface area contributed by atoms with Crippen LogP contribution in [0.2, 0.25) is 0 Å². The Morgan fingerprint density at radius 2 is 1.87 bits per heavy atom. The first-order chi connectivity index (χ1) is 7.11. The molecule has 1 heterocycles. The molecular formula is C12H13NO2. The SMILES string of the molecule is CC1(C)COc2ccc(C#N)cc2OC1. The molecule has 1 aliphatic heterocycles. The van der Waals surface area contributed by atoms with E-state index < -0.39 is 0 Å². The molecule has 0 spiro atoms. The third-order valence-electron chi connectivity index (χ3n) is 2.31. The smallest absolute Gasteiger partial charge is 0.162 e. The topological polar surface area (TPSA) is 42.2 Å². The number of ether oxygens (including phenoxy) is 2. The van der Waals surface area contributed by atoms with E-state index >= 15 is 0 Å². The molecule has 0 radical (unpaired) electrons. The van der Waals surface area contributed by atoms with Crippen LogP contribution in [0, 0.1) is 16.7 Å². The summed E-state index contributed by atoms with van der Waals surface area (Å²) >= 11 is 0. The van der Waals surface area contributed by atoms with Gasteiger partial charge in [0, 0.05) is 11.5 Å². The number of fused-ring (bicyclic) bond motifs is 1. The molecular weight excluding hydrogens is 190 g/mol. The lowest BCUT2D eigenvalue weighted by Gasteiger charge is -2.19. The van der Waals surface area contributed by atoms with Crippen LogP contribution in [-0.4, -0.2) is 13.2 Å². The van der Waals surface area contributed by atoms with Crippen LogP contribution in [0.5, 0.6) is 11.5 Å². The number of hydrogen-bond acceptors (Lipinski definition) is 3. The molecule has 1 aromatic rings. The summed E-state index contributed by atoms with van der Waals surface area (Å²) in [6, 6.07) is 7.33. The van der Waals surface area contributed by atoms with Crippen LogP contribution in [-0.2, 0) is 0 Å². The van der Waals surface area contributed by atoms with Gasteiger partial charge in [-0.05, 0) is 12.1 Å². The van der Waals surface area contributed by atoms with Gasteiger partial charge in [0.2, 0.25) is 0 Å². The van der Waals surface area contributed by atoms with E-state index in [9.17, 15) is 0 Å². The van der Waals surface area contributed by atoms with Gasteiger partial charge in [-0.15, -0.1) is 0 Å². The van der Waals surface area contributed by atoms with E-state index in [0.29, 0.717) is 24.5 Å². The van der Waals surface area contributed by atoms with Crippen molar-refractivity contribution in [3.05, 3.63) is 23.8 Å². The van der Waals surface area contributed by atoms with Crippen molar-refractivity contribution in [2.75, 3.05) is 13.2 Å². The van der Waals surface area contributed by atoms with Crippen LogP contribution < -0.4 is 9.47 Å². The van der Waals surface area contributed by atoms with Crippen LogP contribution in [0.25, 0.3) is 0 Å². The number of benzene rings is 1. The minimum Gasteiger partial charge on any atom is -0.489 e. The van der Waals surface area contributed by atoms with E-state index in [1.54, 1.807) is 18.2 Å². The fourth-order valence-electron chi connectivity index (χ4n) is 1.40. The van der Waals surface area contributed by atoms with Gasteiger partial charge in [-0.2, -0.15) is 5.26 Å². The first-order valence-electron chi connectivity index (χ1n) is 4.90. The summed E-state index contributed by atoms with van der Waals surface area (Å²) in [7, 11) is 0. The molecule has 0 unspecified atom stereocenters. The molecule has 2 rings (SSSR count). The summed E-state index contributed by atoms with van der Waals surface area (Å²) in [6.07, 6.45) is 0. The molecule has 0 atom stereocenters. The third kappa shape index (κ3) is 2.04. The zero-order chi connectivity index (χ0) is 10.9. The molecule has 78 valence electrons. The monoisotopic (exact) mass is 203 g/mol. The van der Waals surface area contributed by atoms with Gasteiger partial charge in [0.05, 0.1) is 24.8 Å². The van der Waals surface area contributed by atoms with Crippen molar-refractivity contribution in [1.82, 2.24) is 0 Å². The lowest BCUT2D eigenvalue weighted by Crippen LogP contribution is -2.26. The molecule has 0 saturated carbocycles. The summed E-state index contributed by atoms with van der Waals surface area (Å²) in [5, 5.41) is 8.77. The first-order valence-corrected chi connectivity index (χ1v) is 4.90. The van der Waals surface area contributed by atoms with E-state index in [1.165, 1.54) is 0 Å². The van der Waals surface area contributed by atoms with Crippen LogP contribution in [0.3, 0.4) is 0 Å². The third-order valence-corrected chi connectivity index (χ3v) is 2.31. The molecule has 0 N–H and O–H groups in total. The average molecular weight is 203 g/mol. The van der Waals surface area contributed by atoms with E-state index in [2.05, 4.69) is 19.9 Å². The Labute approximate surface area is 89.2 Å². The lowest BCUT2D eigenvalue weighted by molar-refractivity contribution is 0.140. The first kappa shape index (κ1) is 9.85. The second-order valence-corrected chi connectivity index (χ2v) is 4.51. The quantitative estimate of drug-likeness (QED) is 0.650. The van der Waals surface area contributed by atoms with Gasteiger partial charge in [-0.1, -0.05) is 13.8 Å². The lowest BCUT2D eigenvalue weighted by atomic mass is 9.97. The Kier molecular flexibility index (Phi) is 2.28. The molecule has 0 aliphatic carbocycles. The fraction of sp³-hybridized carbons (Fsp3) is 0.417. The van der Waals surface area contributed by atoms with Crippen LogP contribution >= 0.6 is 0 Å². The number of nitrogens with zero attached hydrogens (tertiary/aromatic N) is 1. The van der Waals surface area contributed by atoms with E-state index in [0.717, 1.165) is 5.75 Å². The van der Waals surface area contributed by atoms with Crippen LogP contribution in [0.4, 0.5) is 0 Å². The summed E-state index contributed by atoms with van der Waals surface area (Å²) in [6.45, 7) is 5.41. The molecule has 1 aliphatic rings. The Bertz CT molecular complexity index is 418. The predicted octanol–water partition coefficient (Wildman–Crippen LogP) is 2.36. The zero-order valence-corrected chi connectivity index (χ0v) is 8.91. The highest BCUT2D eigenvalue weighted by molar-refractivity contribution is 5.47. The van der Waals surface area contributed by atoms with Crippen molar-refractivity contribution in [2.24, 2.45) is 5.41 Å². The Balaban J connectivity index is 2.32. The van der Waals surface area contributed by atoms with Crippen molar-refractivity contribution < 1.29 is 9.47 Å². The molecule has 0 fully saturated rings. The highest BCUT2D eigenvalue weighted by Gasteiger charge is 2.25. The molecule has 0 bridgehead atoms. The minimum atomic E-state index is 0.00578. The Morgan fingerprint density at radius 3 is 2.53 bits per heavy atom. The fourth-order valence-corrected chi connectivity index (χ4v) is 1.40. The van der Waals surface area contributed by atoms with Crippen molar-refractivity contribution >= 4 is 0 Å². The number of rotatable bonds is 0. The van der Waals surface area contributed by atoms with E-state index in [4.69, 9.17) is 14.7 Å². The van der Waals surface area contributed by atoms with E-state index in [1.807, 2.05) is 0 Å².